The van der Waals surface area contributed by atoms with E-state index in [4.69, 9.17) is 10.5 Å². The van der Waals surface area contributed by atoms with E-state index < -0.39 is 12.2 Å². The Hall–Kier alpha value is -2.44. The highest BCUT2D eigenvalue weighted by atomic mass is 16.6. The molecule has 94 valence electrons. The zero-order valence-electron chi connectivity index (χ0n) is 9.85. The molecule has 7 nitrogen and oxygen atoms in total. The average Bonchev–Trinajstić information content (AvgIpc) is 2.76. The van der Waals surface area contributed by atoms with Gasteiger partial charge in [0.2, 0.25) is 5.82 Å². The number of aryl methyl sites for hydroxylation is 1. The molecule has 0 saturated heterocycles. The third kappa shape index (κ3) is 3.03. The maximum Gasteiger partial charge on any atom is 0.405 e. The van der Waals surface area contributed by atoms with Crippen molar-refractivity contribution in [3.63, 3.8) is 0 Å². The Morgan fingerprint density at radius 3 is 2.72 bits per heavy atom. The van der Waals surface area contributed by atoms with E-state index in [0.29, 0.717) is 12.2 Å². The fourth-order valence-corrected chi connectivity index (χ4v) is 1.58. The van der Waals surface area contributed by atoms with Gasteiger partial charge in [0.05, 0.1) is 7.05 Å². The molecule has 2 rings (SSSR count). The van der Waals surface area contributed by atoms with Crippen LogP contribution in [0.1, 0.15) is 17.5 Å². The molecule has 2 N–H and O–H groups in total. The number of carbonyl (C=O) groups excluding carboxylic acids is 1. The van der Waals surface area contributed by atoms with E-state index in [1.54, 1.807) is 7.05 Å². The van der Waals surface area contributed by atoms with Crippen molar-refractivity contribution in [1.82, 2.24) is 20.2 Å². The van der Waals surface area contributed by atoms with Gasteiger partial charge in [0.25, 0.3) is 0 Å². The third-order valence-corrected chi connectivity index (χ3v) is 2.33. The predicted molar refractivity (Wildman–Crippen MR) is 62.4 cm³/mol. The molecule has 18 heavy (non-hydrogen) atoms. The number of primary amides is 1. The summed E-state index contributed by atoms with van der Waals surface area (Å²) in [5.41, 5.74) is 6.04. The standard InChI is InChI=1S/C11H13N5O2/c1-16-14-10(13-15-16)9(18-11(12)17)7-8-5-3-2-4-6-8/h2-6,9H,7H2,1H3,(H2,12,17). The van der Waals surface area contributed by atoms with Crippen LogP contribution < -0.4 is 5.73 Å². The molecule has 0 bridgehead atoms. The normalized spacial score (nSPS) is 12.1. The van der Waals surface area contributed by atoms with Crippen molar-refractivity contribution in [3.8, 4) is 0 Å². The van der Waals surface area contributed by atoms with Gasteiger partial charge in [0, 0.05) is 6.42 Å². The molecule has 1 aromatic carbocycles. The van der Waals surface area contributed by atoms with Crippen molar-refractivity contribution in [2.45, 2.75) is 12.5 Å². The second-order valence-corrected chi connectivity index (χ2v) is 3.75. The first-order valence-corrected chi connectivity index (χ1v) is 5.39. The number of benzene rings is 1. The van der Waals surface area contributed by atoms with Crippen molar-refractivity contribution in [3.05, 3.63) is 41.7 Å². The molecule has 0 radical (unpaired) electrons. The molecule has 0 aliphatic carbocycles. The Labute approximate surface area is 104 Å². The monoisotopic (exact) mass is 247 g/mol. The minimum atomic E-state index is -0.858. The number of rotatable bonds is 4. The fourth-order valence-electron chi connectivity index (χ4n) is 1.58. The van der Waals surface area contributed by atoms with E-state index in [9.17, 15) is 4.79 Å². The van der Waals surface area contributed by atoms with Crippen molar-refractivity contribution < 1.29 is 9.53 Å². The molecule has 0 saturated carbocycles. The Morgan fingerprint density at radius 2 is 2.17 bits per heavy atom. The first kappa shape index (κ1) is 12.0. The summed E-state index contributed by atoms with van der Waals surface area (Å²) < 4.78 is 5.01. The molecular weight excluding hydrogens is 234 g/mol. The van der Waals surface area contributed by atoms with Gasteiger partial charge in [0.1, 0.15) is 0 Å². The van der Waals surface area contributed by atoms with E-state index in [0.717, 1.165) is 5.56 Å². The van der Waals surface area contributed by atoms with Crippen LogP contribution in [0, 0.1) is 0 Å². The number of carbonyl (C=O) groups is 1. The van der Waals surface area contributed by atoms with Crippen LogP contribution in [0.25, 0.3) is 0 Å². The smallest absolute Gasteiger partial charge is 0.405 e. The van der Waals surface area contributed by atoms with Crippen LogP contribution in [-0.4, -0.2) is 26.3 Å². The van der Waals surface area contributed by atoms with Crippen LogP contribution in [0.5, 0.6) is 0 Å². The van der Waals surface area contributed by atoms with Gasteiger partial charge in [-0.15, -0.1) is 10.2 Å². The molecule has 1 heterocycles. The Balaban J connectivity index is 2.18. The van der Waals surface area contributed by atoms with Gasteiger partial charge in [-0.2, -0.15) is 4.80 Å². The van der Waals surface area contributed by atoms with Crippen LogP contribution in [0.2, 0.25) is 0 Å². The lowest BCUT2D eigenvalue weighted by molar-refractivity contribution is 0.101. The summed E-state index contributed by atoms with van der Waals surface area (Å²) in [6.07, 6.45) is -1.03. The van der Waals surface area contributed by atoms with Crippen LogP contribution in [0.4, 0.5) is 4.79 Å². The molecule has 1 unspecified atom stereocenters. The summed E-state index contributed by atoms with van der Waals surface area (Å²) in [7, 11) is 1.64. The second kappa shape index (κ2) is 5.26. The van der Waals surface area contributed by atoms with Gasteiger partial charge in [-0.25, -0.2) is 4.79 Å². The van der Waals surface area contributed by atoms with Crippen LogP contribution in [-0.2, 0) is 18.2 Å². The van der Waals surface area contributed by atoms with Crippen LogP contribution in [0.3, 0.4) is 0 Å². The van der Waals surface area contributed by atoms with Crippen molar-refractivity contribution in [1.29, 1.82) is 0 Å². The lowest BCUT2D eigenvalue weighted by Gasteiger charge is -2.12. The Morgan fingerprint density at radius 1 is 1.44 bits per heavy atom. The molecule has 1 amide bonds. The lowest BCUT2D eigenvalue weighted by atomic mass is 10.1. The van der Waals surface area contributed by atoms with Crippen LogP contribution >= 0.6 is 0 Å². The highest BCUT2D eigenvalue weighted by molar-refractivity contribution is 5.64. The van der Waals surface area contributed by atoms with E-state index in [-0.39, 0.29) is 0 Å². The van der Waals surface area contributed by atoms with Crippen molar-refractivity contribution >= 4 is 6.09 Å². The predicted octanol–water partition coefficient (Wildman–Crippen LogP) is 0.589. The Bertz CT molecular complexity index is 525. The van der Waals surface area contributed by atoms with Crippen molar-refractivity contribution in [2.24, 2.45) is 12.8 Å². The number of nitrogens with zero attached hydrogens (tertiary/aromatic N) is 4. The van der Waals surface area contributed by atoms with E-state index >= 15 is 0 Å². The van der Waals surface area contributed by atoms with Crippen LogP contribution in [0.15, 0.2) is 30.3 Å². The first-order chi connectivity index (χ1) is 8.65. The summed E-state index contributed by atoms with van der Waals surface area (Å²) >= 11 is 0. The Kier molecular flexibility index (Phi) is 3.52. The topological polar surface area (TPSA) is 95.9 Å². The maximum absolute atomic E-state index is 10.9. The summed E-state index contributed by atoms with van der Waals surface area (Å²) in [6.45, 7) is 0. The van der Waals surface area contributed by atoms with Gasteiger partial charge < -0.3 is 10.5 Å². The molecule has 2 aromatic rings. The van der Waals surface area contributed by atoms with Crippen molar-refractivity contribution in [2.75, 3.05) is 0 Å². The van der Waals surface area contributed by atoms with E-state index in [1.165, 1.54) is 4.80 Å². The lowest BCUT2D eigenvalue weighted by Crippen LogP contribution is -2.20. The maximum atomic E-state index is 10.9. The zero-order valence-corrected chi connectivity index (χ0v) is 9.85. The molecule has 1 aromatic heterocycles. The van der Waals surface area contributed by atoms with E-state index in [1.807, 2.05) is 30.3 Å². The average molecular weight is 247 g/mol. The van der Waals surface area contributed by atoms with Gasteiger partial charge >= 0.3 is 6.09 Å². The number of amides is 1. The minimum absolute atomic E-state index is 0.333. The number of tetrazole rings is 1. The van der Waals surface area contributed by atoms with Gasteiger partial charge in [0.15, 0.2) is 6.10 Å². The largest absolute Gasteiger partial charge is 0.438 e. The second-order valence-electron chi connectivity index (χ2n) is 3.75. The third-order valence-electron chi connectivity index (χ3n) is 2.33. The molecule has 0 fully saturated rings. The molecule has 1 atom stereocenters. The number of nitrogens with two attached hydrogens (primary N) is 1. The highest BCUT2D eigenvalue weighted by Gasteiger charge is 2.20. The minimum Gasteiger partial charge on any atom is -0.438 e. The van der Waals surface area contributed by atoms with Gasteiger partial charge in [-0.3, -0.25) is 0 Å². The molecule has 0 aliphatic rings. The van der Waals surface area contributed by atoms with Gasteiger partial charge in [-0.1, -0.05) is 30.3 Å². The summed E-state index contributed by atoms with van der Waals surface area (Å²) in [6, 6.07) is 9.57. The molecular formula is C11H13N5O2. The number of hydrogen-bond donors (Lipinski definition) is 1. The highest BCUT2D eigenvalue weighted by Crippen LogP contribution is 2.18. The first-order valence-electron chi connectivity index (χ1n) is 5.39. The SMILES string of the molecule is Cn1nnc(C(Cc2ccccc2)OC(N)=O)n1. The zero-order chi connectivity index (χ0) is 13.0. The van der Waals surface area contributed by atoms with E-state index in [2.05, 4.69) is 15.4 Å². The molecule has 0 aliphatic heterocycles. The quantitative estimate of drug-likeness (QED) is 0.852. The number of hydrogen-bond acceptors (Lipinski definition) is 5. The number of aromatic nitrogens is 4. The molecule has 7 heteroatoms. The fraction of sp³-hybridized carbons (Fsp3) is 0.273. The molecule has 0 spiro atoms. The summed E-state index contributed by atoms with van der Waals surface area (Å²) in [5.74, 6) is 0.333. The van der Waals surface area contributed by atoms with Gasteiger partial charge in [-0.05, 0) is 10.8 Å². The summed E-state index contributed by atoms with van der Waals surface area (Å²) in [5, 5.41) is 11.6. The summed E-state index contributed by atoms with van der Waals surface area (Å²) in [4.78, 5) is 12.2. The number of ether oxygens (including phenoxy) is 1.